The molecule has 0 aliphatic carbocycles. The van der Waals surface area contributed by atoms with Crippen molar-refractivity contribution in [3.05, 3.63) is 47.8 Å². The molecule has 0 aliphatic rings. The smallest absolute Gasteiger partial charge is 0.326 e. The van der Waals surface area contributed by atoms with Crippen molar-refractivity contribution >= 4 is 11.9 Å². The number of pyridine rings is 1. The molecule has 1 unspecified atom stereocenters. The van der Waals surface area contributed by atoms with Crippen LogP contribution in [0.25, 0.3) is 0 Å². The number of nitrogens with zero attached hydrogens (tertiary/aromatic N) is 2. The summed E-state index contributed by atoms with van der Waals surface area (Å²) in [6.45, 7) is 1.76. The molecule has 0 saturated carbocycles. The highest BCUT2D eigenvalue weighted by Gasteiger charge is 2.21. The number of aryl methyl sites for hydroxylation is 1. The molecular formula is C13H14N4O3. The van der Waals surface area contributed by atoms with Crippen molar-refractivity contribution in [2.45, 2.75) is 19.4 Å². The Morgan fingerprint density at radius 1 is 1.50 bits per heavy atom. The molecule has 0 bridgehead atoms. The van der Waals surface area contributed by atoms with Gasteiger partial charge in [-0.2, -0.15) is 0 Å². The molecule has 7 heteroatoms. The minimum atomic E-state index is -1.10. The van der Waals surface area contributed by atoms with Crippen LogP contribution >= 0.6 is 0 Å². The fourth-order valence-electron chi connectivity index (χ4n) is 1.74. The van der Waals surface area contributed by atoms with Gasteiger partial charge in [-0.15, -0.1) is 0 Å². The first-order chi connectivity index (χ1) is 9.56. The number of H-pyrrole nitrogens is 1. The third-order valence-corrected chi connectivity index (χ3v) is 2.74. The summed E-state index contributed by atoms with van der Waals surface area (Å²) in [4.78, 5) is 33.8. The van der Waals surface area contributed by atoms with Crippen LogP contribution in [0.2, 0.25) is 0 Å². The van der Waals surface area contributed by atoms with Gasteiger partial charge in [0.2, 0.25) is 0 Å². The lowest BCUT2D eigenvalue weighted by Crippen LogP contribution is -2.42. The highest BCUT2D eigenvalue weighted by atomic mass is 16.4. The number of rotatable bonds is 5. The molecule has 20 heavy (non-hydrogen) atoms. The molecule has 2 aromatic heterocycles. The number of aromatic amines is 1. The molecule has 1 atom stereocenters. The number of aromatic nitrogens is 3. The predicted molar refractivity (Wildman–Crippen MR) is 70.2 cm³/mol. The summed E-state index contributed by atoms with van der Waals surface area (Å²) in [5, 5.41) is 11.6. The van der Waals surface area contributed by atoms with Gasteiger partial charge < -0.3 is 15.4 Å². The minimum absolute atomic E-state index is 0.144. The quantitative estimate of drug-likeness (QED) is 0.737. The standard InChI is InChI=1S/C13H14N4O3/c1-8-4-9(2-3-15-8)12(18)17-11(13(19)20)5-10-6-14-7-16-10/h2-4,6-7,11H,5H2,1H3,(H,14,16)(H,17,18)(H,19,20). The van der Waals surface area contributed by atoms with Crippen molar-refractivity contribution in [3.63, 3.8) is 0 Å². The monoisotopic (exact) mass is 274 g/mol. The number of hydrogen-bond acceptors (Lipinski definition) is 4. The second kappa shape index (κ2) is 5.96. The molecule has 0 saturated heterocycles. The molecule has 0 spiro atoms. The van der Waals surface area contributed by atoms with Gasteiger partial charge in [-0.3, -0.25) is 9.78 Å². The molecule has 104 valence electrons. The van der Waals surface area contributed by atoms with Gasteiger partial charge in [0.05, 0.1) is 6.33 Å². The highest BCUT2D eigenvalue weighted by molar-refractivity contribution is 5.96. The maximum atomic E-state index is 12.0. The molecule has 0 fully saturated rings. The van der Waals surface area contributed by atoms with Gasteiger partial charge in [-0.05, 0) is 19.1 Å². The Morgan fingerprint density at radius 2 is 2.30 bits per heavy atom. The Balaban J connectivity index is 2.08. The van der Waals surface area contributed by atoms with Crippen LogP contribution < -0.4 is 5.32 Å². The van der Waals surface area contributed by atoms with Crippen LogP contribution in [0.1, 0.15) is 21.7 Å². The third kappa shape index (κ3) is 3.41. The number of carboxylic acids is 1. The Labute approximate surface area is 115 Å². The highest BCUT2D eigenvalue weighted by Crippen LogP contribution is 2.04. The SMILES string of the molecule is Cc1cc(C(=O)NC(Cc2cnc[nH]2)C(=O)O)ccn1. The molecular weight excluding hydrogens is 260 g/mol. The van der Waals surface area contributed by atoms with Gasteiger partial charge in [-0.1, -0.05) is 0 Å². The third-order valence-electron chi connectivity index (χ3n) is 2.74. The van der Waals surface area contributed by atoms with E-state index in [0.717, 1.165) is 0 Å². The second-order valence-corrected chi connectivity index (χ2v) is 4.33. The molecule has 1 amide bonds. The number of imidazole rings is 1. The van der Waals surface area contributed by atoms with Crippen molar-refractivity contribution in [2.24, 2.45) is 0 Å². The van der Waals surface area contributed by atoms with E-state index in [9.17, 15) is 9.59 Å². The molecule has 3 N–H and O–H groups in total. The summed E-state index contributed by atoms with van der Waals surface area (Å²) in [6, 6.07) is 2.12. The number of carbonyl (C=O) groups excluding carboxylic acids is 1. The van der Waals surface area contributed by atoms with Crippen LogP contribution in [0.3, 0.4) is 0 Å². The van der Waals surface area contributed by atoms with Crippen molar-refractivity contribution in [1.82, 2.24) is 20.3 Å². The zero-order valence-electron chi connectivity index (χ0n) is 10.8. The maximum absolute atomic E-state index is 12.0. The van der Waals surface area contributed by atoms with Crippen molar-refractivity contribution in [1.29, 1.82) is 0 Å². The van der Waals surface area contributed by atoms with Gasteiger partial charge in [0.15, 0.2) is 0 Å². The fraction of sp³-hybridized carbons (Fsp3) is 0.231. The summed E-state index contributed by atoms with van der Waals surface area (Å²) in [5.41, 5.74) is 1.72. The number of carboxylic acid groups (broad SMARTS) is 1. The van der Waals surface area contributed by atoms with Gasteiger partial charge in [0.25, 0.3) is 5.91 Å². The summed E-state index contributed by atoms with van der Waals surface area (Å²) < 4.78 is 0. The first kappa shape index (κ1) is 13.7. The molecule has 2 heterocycles. The summed E-state index contributed by atoms with van der Waals surface area (Å²) in [5.74, 6) is -1.54. The van der Waals surface area contributed by atoms with Gasteiger partial charge in [0.1, 0.15) is 6.04 Å². The molecule has 0 aliphatic heterocycles. The average molecular weight is 274 g/mol. The van der Waals surface area contributed by atoms with Crippen LogP contribution in [-0.4, -0.2) is 38.0 Å². The second-order valence-electron chi connectivity index (χ2n) is 4.33. The number of amides is 1. The molecule has 2 aromatic rings. The van der Waals surface area contributed by atoms with Crippen LogP contribution in [0.5, 0.6) is 0 Å². The lowest BCUT2D eigenvalue weighted by Gasteiger charge is -2.13. The molecule has 0 aromatic carbocycles. The fourth-order valence-corrected chi connectivity index (χ4v) is 1.74. The van der Waals surface area contributed by atoms with E-state index in [2.05, 4.69) is 20.3 Å². The summed E-state index contributed by atoms with van der Waals surface area (Å²) >= 11 is 0. The maximum Gasteiger partial charge on any atom is 0.326 e. The molecule has 0 radical (unpaired) electrons. The van der Waals surface area contributed by atoms with Crippen molar-refractivity contribution < 1.29 is 14.7 Å². The number of nitrogens with one attached hydrogen (secondary N) is 2. The Kier molecular flexibility index (Phi) is 4.09. The van der Waals surface area contributed by atoms with Crippen molar-refractivity contribution in [3.8, 4) is 0 Å². The normalized spacial score (nSPS) is 11.8. The summed E-state index contributed by atoms with van der Waals surface area (Å²) in [6.07, 6.45) is 4.64. The van der Waals surface area contributed by atoms with Crippen molar-refractivity contribution in [2.75, 3.05) is 0 Å². The lowest BCUT2D eigenvalue weighted by molar-refractivity contribution is -0.139. The zero-order chi connectivity index (χ0) is 14.5. The van der Waals surface area contributed by atoms with Crippen LogP contribution in [0.4, 0.5) is 0 Å². The topological polar surface area (TPSA) is 108 Å². The first-order valence-corrected chi connectivity index (χ1v) is 6.00. The van der Waals surface area contributed by atoms with Crippen LogP contribution in [0, 0.1) is 6.92 Å². The first-order valence-electron chi connectivity index (χ1n) is 6.00. The average Bonchev–Trinajstić information content (AvgIpc) is 2.90. The summed E-state index contributed by atoms with van der Waals surface area (Å²) in [7, 11) is 0. The van der Waals surface area contributed by atoms with Gasteiger partial charge in [0, 0.05) is 35.8 Å². The minimum Gasteiger partial charge on any atom is -0.480 e. The van der Waals surface area contributed by atoms with E-state index in [-0.39, 0.29) is 6.42 Å². The van der Waals surface area contributed by atoms with Gasteiger partial charge in [-0.25, -0.2) is 9.78 Å². The Morgan fingerprint density at radius 3 is 2.90 bits per heavy atom. The molecule has 7 nitrogen and oxygen atoms in total. The zero-order valence-corrected chi connectivity index (χ0v) is 10.8. The van der Waals surface area contributed by atoms with E-state index in [1.165, 1.54) is 24.8 Å². The van der Waals surface area contributed by atoms with E-state index >= 15 is 0 Å². The lowest BCUT2D eigenvalue weighted by atomic mass is 10.1. The van der Waals surface area contributed by atoms with E-state index in [1.54, 1.807) is 13.0 Å². The van der Waals surface area contributed by atoms with E-state index in [4.69, 9.17) is 5.11 Å². The van der Waals surface area contributed by atoms with E-state index < -0.39 is 17.9 Å². The van der Waals surface area contributed by atoms with Crippen LogP contribution in [0.15, 0.2) is 30.9 Å². The number of carbonyl (C=O) groups is 2. The Bertz CT molecular complexity index is 610. The predicted octanol–water partition coefficient (Wildman–Crippen LogP) is 0.539. The number of hydrogen-bond donors (Lipinski definition) is 3. The largest absolute Gasteiger partial charge is 0.480 e. The van der Waals surface area contributed by atoms with E-state index in [1.807, 2.05) is 0 Å². The number of aliphatic carboxylic acids is 1. The van der Waals surface area contributed by atoms with Gasteiger partial charge >= 0.3 is 5.97 Å². The Hall–Kier alpha value is -2.70. The van der Waals surface area contributed by atoms with Crippen LogP contribution in [-0.2, 0) is 11.2 Å². The molecule has 2 rings (SSSR count). The van der Waals surface area contributed by atoms with E-state index in [0.29, 0.717) is 17.0 Å².